The third-order valence-electron chi connectivity index (χ3n) is 2.93. The molecule has 0 aliphatic heterocycles. The van der Waals surface area contributed by atoms with Crippen LogP contribution in [0.4, 0.5) is 5.82 Å². The Labute approximate surface area is 115 Å². The van der Waals surface area contributed by atoms with Crippen molar-refractivity contribution >= 4 is 5.82 Å². The summed E-state index contributed by atoms with van der Waals surface area (Å²) >= 11 is 0. The molecule has 5 heteroatoms. The van der Waals surface area contributed by atoms with Crippen LogP contribution < -0.4 is 10.5 Å². The second-order valence-corrected chi connectivity index (χ2v) is 5.43. The molecule has 1 aromatic heterocycles. The number of nitrogens with zero attached hydrogens (tertiary/aromatic N) is 3. The van der Waals surface area contributed by atoms with Crippen molar-refractivity contribution in [2.24, 2.45) is 0 Å². The molecular formula is C14H26N4O. The molecule has 108 valence electrons. The molecule has 0 unspecified atom stereocenters. The van der Waals surface area contributed by atoms with Crippen LogP contribution in [-0.2, 0) is 0 Å². The molecule has 0 fully saturated rings. The summed E-state index contributed by atoms with van der Waals surface area (Å²) in [7, 11) is 4.10. The van der Waals surface area contributed by atoms with E-state index in [9.17, 15) is 4.79 Å². The molecule has 1 aromatic rings. The Balaban J connectivity index is 2.97. The summed E-state index contributed by atoms with van der Waals surface area (Å²) in [4.78, 5) is 23.4. The van der Waals surface area contributed by atoms with Crippen molar-refractivity contribution in [1.82, 2.24) is 14.9 Å². The topological polar surface area (TPSA) is 52.2 Å². The van der Waals surface area contributed by atoms with Gasteiger partial charge in [-0.05, 0) is 20.5 Å². The largest absolute Gasteiger partial charge is 0.355 e. The van der Waals surface area contributed by atoms with E-state index >= 15 is 0 Å². The highest BCUT2D eigenvalue weighted by atomic mass is 16.1. The molecule has 0 aromatic carbocycles. The Morgan fingerprint density at radius 3 is 2.47 bits per heavy atom. The lowest BCUT2D eigenvalue weighted by molar-refractivity contribution is 0.412. The lowest BCUT2D eigenvalue weighted by atomic mass is 10.2. The zero-order valence-electron chi connectivity index (χ0n) is 12.7. The number of rotatable bonds is 7. The van der Waals surface area contributed by atoms with Crippen molar-refractivity contribution in [2.75, 3.05) is 38.6 Å². The first-order valence-electron chi connectivity index (χ1n) is 6.95. The van der Waals surface area contributed by atoms with E-state index < -0.39 is 0 Å². The number of hydrogen-bond donors (Lipinski definition) is 1. The summed E-state index contributed by atoms with van der Waals surface area (Å²) in [6.45, 7) is 8.96. The Morgan fingerprint density at radius 2 is 1.95 bits per heavy atom. The summed E-state index contributed by atoms with van der Waals surface area (Å²) in [5, 5.41) is 0. The first-order chi connectivity index (χ1) is 8.93. The fourth-order valence-electron chi connectivity index (χ4n) is 1.83. The van der Waals surface area contributed by atoms with Crippen LogP contribution in [0.2, 0.25) is 0 Å². The van der Waals surface area contributed by atoms with Crippen LogP contribution in [0.15, 0.2) is 10.9 Å². The molecule has 0 aliphatic carbocycles. The Morgan fingerprint density at radius 1 is 1.26 bits per heavy atom. The summed E-state index contributed by atoms with van der Waals surface area (Å²) < 4.78 is 0. The number of nitrogens with one attached hydrogen (secondary N) is 1. The smallest absolute Gasteiger partial charge is 0.252 e. The molecule has 1 N–H and O–H groups in total. The number of H-pyrrole nitrogens is 1. The van der Waals surface area contributed by atoms with Crippen molar-refractivity contribution in [3.63, 3.8) is 0 Å². The molecule has 19 heavy (non-hydrogen) atoms. The number of hydrogen-bond acceptors (Lipinski definition) is 4. The third-order valence-corrected chi connectivity index (χ3v) is 2.93. The first kappa shape index (κ1) is 15.7. The third kappa shape index (κ3) is 5.03. The van der Waals surface area contributed by atoms with Gasteiger partial charge in [-0.25, -0.2) is 4.98 Å². The maximum absolute atomic E-state index is 11.7. The predicted octanol–water partition coefficient (Wildman–Crippen LogP) is 1.67. The van der Waals surface area contributed by atoms with Crippen molar-refractivity contribution in [3.05, 3.63) is 22.2 Å². The van der Waals surface area contributed by atoms with Gasteiger partial charge < -0.3 is 14.8 Å². The zero-order chi connectivity index (χ0) is 14.4. The van der Waals surface area contributed by atoms with Gasteiger partial charge in [-0.3, -0.25) is 4.79 Å². The standard InChI is InChI=1S/C14H26N4O/c1-6-7-18(9-8-17(4)5)12-10-13(19)16-14(15-12)11(2)3/h10-11H,6-9H2,1-5H3,(H,15,16,19). The van der Waals surface area contributed by atoms with Gasteiger partial charge in [0.05, 0.1) is 0 Å². The minimum absolute atomic E-state index is 0.0698. The fraction of sp³-hybridized carbons (Fsp3) is 0.714. The summed E-state index contributed by atoms with van der Waals surface area (Å²) in [5.74, 6) is 1.77. The Kier molecular flexibility index (Phi) is 6.02. The van der Waals surface area contributed by atoms with Crippen LogP contribution in [0, 0.1) is 0 Å². The first-order valence-corrected chi connectivity index (χ1v) is 6.95. The highest BCUT2D eigenvalue weighted by Crippen LogP contribution is 2.13. The number of anilines is 1. The van der Waals surface area contributed by atoms with Crippen LogP contribution in [0.5, 0.6) is 0 Å². The highest BCUT2D eigenvalue weighted by molar-refractivity contribution is 5.37. The van der Waals surface area contributed by atoms with Gasteiger partial charge in [0.1, 0.15) is 11.6 Å². The lowest BCUT2D eigenvalue weighted by Crippen LogP contribution is -2.34. The van der Waals surface area contributed by atoms with E-state index in [1.165, 1.54) is 0 Å². The minimum Gasteiger partial charge on any atom is -0.355 e. The Bertz CT molecular complexity index is 439. The SMILES string of the molecule is CCCN(CCN(C)C)c1cc(=O)[nH]c(C(C)C)n1. The number of aromatic nitrogens is 2. The molecule has 0 saturated carbocycles. The fourth-order valence-corrected chi connectivity index (χ4v) is 1.83. The molecular weight excluding hydrogens is 240 g/mol. The normalized spacial score (nSPS) is 11.3. The lowest BCUT2D eigenvalue weighted by Gasteiger charge is -2.25. The highest BCUT2D eigenvalue weighted by Gasteiger charge is 2.11. The van der Waals surface area contributed by atoms with Gasteiger partial charge in [-0.2, -0.15) is 0 Å². The van der Waals surface area contributed by atoms with Crippen molar-refractivity contribution in [3.8, 4) is 0 Å². The van der Waals surface area contributed by atoms with Crippen LogP contribution in [-0.4, -0.2) is 48.6 Å². The maximum Gasteiger partial charge on any atom is 0.252 e. The van der Waals surface area contributed by atoms with Gasteiger partial charge in [0.15, 0.2) is 0 Å². The van der Waals surface area contributed by atoms with E-state index in [0.717, 1.165) is 37.7 Å². The van der Waals surface area contributed by atoms with E-state index in [0.29, 0.717) is 0 Å². The van der Waals surface area contributed by atoms with E-state index in [-0.39, 0.29) is 11.5 Å². The minimum atomic E-state index is -0.0698. The van der Waals surface area contributed by atoms with Crippen LogP contribution in [0.25, 0.3) is 0 Å². The van der Waals surface area contributed by atoms with Gasteiger partial charge in [0.25, 0.3) is 5.56 Å². The van der Waals surface area contributed by atoms with Gasteiger partial charge in [0.2, 0.25) is 0 Å². The molecule has 0 aliphatic rings. The van der Waals surface area contributed by atoms with Crippen LogP contribution in [0.1, 0.15) is 38.9 Å². The molecule has 1 rings (SSSR count). The molecule has 0 spiro atoms. The zero-order valence-corrected chi connectivity index (χ0v) is 12.7. The molecule has 1 heterocycles. The van der Waals surface area contributed by atoms with E-state index in [4.69, 9.17) is 0 Å². The van der Waals surface area contributed by atoms with Crippen molar-refractivity contribution < 1.29 is 0 Å². The van der Waals surface area contributed by atoms with E-state index in [1.54, 1.807) is 6.07 Å². The van der Waals surface area contributed by atoms with Gasteiger partial charge in [-0.1, -0.05) is 20.8 Å². The Hall–Kier alpha value is -1.36. The molecule has 0 radical (unpaired) electrons. The second kappa shape index (κ2) is 7.28. The van der Waals surface area contributed by atoms with Gasteiger partial charge >= 0.3 is 0 Å². The quantitative estimate of drug-likeness (QED) is 0.815. The second-order valence-electron chi connectivity index (χ2n) is 5.43. The molecule has 5 nitrogen and oxygen atoms in total. The molecule has 0 bridgehead atoms. The van der Waals surface area contributed by atoms with Gasteiger partial charge in [-0.15, -0.1) is 0 Å². The van der Waals surface area contributed by atoms with E-state index in [1.807, 2.05) is 13.8 Å². The monoisotopic (exact) mass is 266 g/mol. The summed E-state index contributed by atoms with van der Waals surface area (Å²) in [5.41, 5.74) is -0.0698. The summed E-state index contributed by atoms with van der Waals surface area (Å²) in [6.07, 6.45) is 1.04. The van der Waals surface area contributed by atoms with Crippen LogP contribution >= 0.6 is 0 Å². The van der Waals surface area contributed by atoms with Gasteiger partial charge in [0, 0.05) is 31.6 Å². The summed E-state index contributed by atoms with van der Waals surface area (Å²) in [6, 6.07) is 1.59. The number of likely N-dealkylation sites (N-methyl/N-ethyl adjacent to an activating group) is 1. The van der Waals surface area contributed by atoms with E-state index in [2.05, 4.69) is 40.8 Å². The van der Waals surface area contributed by atoms with Crippen molar-refractivity contribution in [2.45, 2.75) is 33.1 Å². The van der Waals surface area contributed by atoms with Crippen LogP contribution in [0.3, 0.4) is 0 Å². The molecule has 0 atom stereocenters. The number of aromatic amines is 1. The molecule has 0 saturated heterocycles. The predicted molar refractivity (Wildman–Crippen MR) is 80.0 cm³/mol. The molecule has 0 amide bonds. The van der Waals surface area contributed by atoms with Crippen molar-refractivity contribution in [1.29, 1.82) is 0 Å². The average molecular weight is 266 g/mol. The maximum atomic E-state index is 11.7. The average Bonchev–Trinajstić information content (AvgIpc) is 2.33.